The molecule has 0 amide bonds. The van der Waals surface area contributed by atoms with Gasteiger partial charge in [0.2, 0.25) is 0 Å². The minimum absolute atomic E-state index is 0.0793. The fourth-order valence-electron chi connectivity index (χ4n) is 1.07. The maximum Gasteiger partial charge on any atom is 0.159 e. The Kier molecular flexibility index (Phi) is 3.71. The van der Waals surface area contributed by atoms with Gasteiger partial charge in [-0.25, -0.2) is 0 Å². The van der Waals surface area contributed by atoms with Gasteiger partial charge in [-0.05, 0) is 24.6 Å². The first kappa shape index (κ1) is 10.0. The van der Waals surface area contributed by atoms with Crippen molar-refractivity contribution in [3.05, 3.63) is 47.0 Å². The summed E-state index contributed by atoms with van der Waals surface area (Å²) in [5.74, 6) is 0.0793. The van der Waals surface area contributed by atoms with Crippen LogP contribution in [0.4, 0.5) is 0 Å². The smallest absolute Gasteiger partial charge is 0.159 e. The van der Waals surface area contributed by atoms with Gasteiger partial charge in [-0.15, -0.1) is 0 Å². The molecule has 0 aliphatic carbocycles. The summed E-state index contributed by atoms with van der Waals surface area (Å²) in [6, 6.07) is 7.39. The predicted octanol–water partition coefficient (Wildman–Crippen LogP) is 3.03. The molecule has 0 unspecified atom stereocenters. The minimum atomic E-state index is 0.0793. The number of hydrogen-bond acceptors (Lipinski definition) is 1. The molecular formula is C11H11ClO. The van der Waals surface area contributed by atoms with E-state index in [9.17, 15) is 4.79 Å². The van der Waals surface area contributed by atoms with Crippen LogP contribution in [-0.4, -0.2) is 5.78 Å². The summed E-state index contributed by atoms with van der Waals surface area (Å²) in [7, 11) is 0. The van der Waals surface area contributed by atoms with Crippen molar-refractivity contribution in [3.8, 4) is 0 Å². The van der Waals surface area contributed by atoms with Crippen LogP contribution in [0.1, 0.15) is 12.5 Å². The van der Waals surface area contributed by atoms with Gasteiger partial charge in [0.25, 0.3) is 0 Å². The molecule has 0 saturated carbocycles. The second-order valence-electron chi connectivity index (χ2n) is 2.73. The van der Waals surface area contributed by atoms with E-state index in [1.807, 2.05) is 25.1 Å². The molecule has 1 nitrogen and oxygen atoms in total. The van der Waals surface area contributed by atoms with Gasteiger partial charge in [-0.3, -0.25) is 4.79 Å². The van der Waals surface area contributed by atoms with E-state index >= 15 is 0 Å². The Morgan fingerprint density at radius 3 is 2.77 bits per heavy atom. The molecule has 1 aromatic rings. The Labute approximate surface area is 83.0 Å². The number of allylic oxidation sites excluding steroid dienone is 2. The van der Waals surface area contributed by atoms with Gasteiger partial charge in [-0.1, -0.05) is 35.9 Å². The molecule has 0 spiro atoms. The largest absolute Gasteiger partial charge is 0.294 e. The van der Waals surface area contributed by atoms with Crippen molar-refractivity contribution >= 4 is 17.4 Å². The molecule has 0 bridgehead atoms. The van der Waals surface area contributed by atoms with E-state index in [1.54, 1.807) is 18.2 Å². The van der Waals surface area contributed by atoms with E-state index in [4.69, 9.17) is 11.6 Å². The molecule has 2 heteroatoms. The van der Waals surface area contributed by atoms with Crippen molar-refractivity contribution in [2.24, 2.45) is 0 Å². The zero-order valence-corrected chi connectivity index (χ0v) is 8.21. The van der Waals surface area contributed by atoms with Crippen LogP contribution in [0.3, 0.4) is 0 Å². The highest BCUT2D eigenvalue weighted by Gasteiger charge is 2.02. The highest BCUT2D eigenvalue weighted by atomic mass is 35.5. The fourth-order valence-corrected chi connectivity index (χ4v) is 1.28. The van der Waals surface area contributed by atoms with E-state index in [0.29, 0.717) is 11.4 Å². The number of ketones is 1. The number of hydrogen-bond donors (Lipinski definition) is 0. The van der Waals surface area contributed by atoms with E-state index < -0.39 is 0 Å². The summed E-state index contributed by atoms with van der Waals surface area (Å²) < 4.78 is 0. The summed E-state index contributed by atoms with van der Waals surface area (Å²) in [4.78, 5) is 11.2. The average Bonchev–Trinajstić information content (AvgIpc) is 2.09. The first-order valence-corrected chi connectivity index (χ1v) is 4.50. The van der Waals surface area contributed by atoms with Crippen LogP contribution >= 0.6 is 11.6 Å². The van der Waals surface area contributed by atoms with Crippen LogP contribution in [0.5, 0.6) is 0 Å². The van der Waals surface area contributed by atoms with Gasteiger partial charge in [-0.2, -0.15) is 0 Å². The Morgan fingerprint density at radius 2 is 2.15 bits per heavy atom. The lowest BCUT2D eigenvalue weighted by atomic mass is 10.1. The second-order valence-corrected chi connectivity index (χ2v) is 3.14. The highest BCUT2D eigenvalue weighted by Crippen LogP contribution is 2.15. The lowest BCUT2D eigenvalue weighted by Gasteiger charge is -1.99. The van der Waals surface area contributed by atoms with Crippen LogP contribution in [0.25, 0.3) is 0 Å². The van der Waals surface area contributed by atoms with Gasteiger partial charge in [0.1, 0.15) is 0 Å². The first-order chi connectivity index (χ1) is 6.24. The Balaban J connectivity index is 2.74. The van der Waals surface area contributed by atoms with Crippen LogP contribution in [0.2, 0.25) is 5.02 Å². The lowest BCUT2D eigenvalue weighted by Crippen LogP contribution is -1.98. The number of carbonyl (C=O) groups is 1. The number of halogens is 1. The molecule has 0 atom stereocenters. The molecule has 0 radical (unpaired) electrons. The number of carbonyl (C=O) groups excluding carboxylic acids is 1. The van der Waals surface area contributed by atoms with Crippen LogP contribution in [-0.2, 0) is 11.2 Å². The van der Waals surface area contributed by atoms with Crippen LogP contribution in [0, 0.1) is 0 Å². The molecule has 1 aromatic carbocycles. The van der Waals surface area contributed by atoms with Gasteiger partial charge in [0.05, 0.1) is 0 Å². The summed E-state index contributed by atoms with van der Waals surface area (Å²) in [6.45, 7) is 1.82. The Morgan fingerprint density at radius 1 is 1.46 bits per heavy atom. The van der Waals surface area contributed by atoms with Gasteiger partial charge in [0.15, 0.2) is 5.78 Å². The molecule has 0 fully saturated rings. The van der Waals surface area contributed by atoms with Crippen molar-refractivity contribution in [1.82, 2.24) is 0 Å². The second kappa shape index (κ2) is 4.83. The number of rotatable bonds is 3. The molecule has 68 valence electrons. The summed E-state index contributed by atoms with van der Waals surface area (Å²) in [5.41, 5.74) is 0.882. The summed E-state index contributed by atoms with van der Waals surface area (Å²) in [5, 5.41) is 0.653. The Hall–Kier alpha value is -1.08. The van der Waals surface area contributed by atoms with Gasteiger partial charge in [0, 0.05) is 11.4 Å². The SMILES string of the molecule is CC=CC(=O)Cc1ccccc1Cl. The van der Waals surface area contributed by atoms with Crippen molar-refractivity contribution in [2.45, 2.75) is 13.3 Å². The molecule has 13 heavy (non-hydrogen) atoms. The zero-order valence-electron chi connectivity index (χ0n) is 7.46. The molecule has 0 N–H and O–H groups in total. The monoisotopic (exact) mass is 194 g/mol. The number of benzene rings is 1. The molecule has 0 aromatic heterocycles. The fraction of sp³-hybridized carbons (Fsp3) is 0.182. The molecule has 0 aliphatic rings. The molecule has 1 rings (SSSR count). The van der Waals surface area contributed by atoms with E-state index in [-0.39, 0.29) is 5.78 Å². The third-order valence-corrected chi connectivity index (χ3v) is 2.04. The van der Waals surface area contributed by atoms with E-state index in [2.05, 4.69) is 0 Å². The minimum Gasteiger partial charge on any atom is -0.294 e. The zero-order chi connectivity index (χ0) is 9.68. The molecule has 0 aliphatic heterocycles. The highest BCUT2D eigenvalue weighted by molar-refractivity contribution is 6.31. The van der Waals surface area contributed by atoms with Gasteiger partial charge >= 0.3 is 0 Å². The van der Waals surface area contributed by atoms with Crippen molar-refractivity contribution in [2.75, 3.05) is 0 Å². The predicted molar refractivity (Wildman–Crippen MR) is 55.0 cm³/mol. The average molecular weight is 195 g/mol. The Bertz CT molecular complexity index is 329. The maximum atomic E-state index is 11.2. The topological polar surface area (TPSA) is 17.1 Å². The van der Waals surface area contributed by atoms with Crippen LogP contribution < -0.4 is 0 Å². The summed E-state index contributed by atoms with van der Waals surface area (Å²) in [6.07, 6.45) is 3.67. The maximum absolute atomic E-state index is 11.2. The van der Waals surface area contributed by atoms with Gasteiger partial charge < -0.3 is 0 Å². The normalized spacial score (nSPS) is 10.6. The molecule has 0 saturated heterocycles. The third-order valence-electron chi connectivity index (χ3n) is 1.68. The summed E-state index contributed by atoms with van der Waals surface area (Å²) >= 11 is 5.89. The van der Waals surface area contributed by atoms with E-state index in [0.717, 1.165) is 5.56 Å². The van der Waals surface area contributed by atoms with Crippen molar-refractivity contribution in [1.29, 1.82) is 0 Å². The standard InChI is InChI=1S/C11H11ClO/c1-2-5-10(13)8-9-6-3-4-7-11(9)12/h2-7H,8H2,1H3. The molecular weight excluding hydrogens is 184 g/mol. The lowest BCUT2D eigenvalue weighted by molar-refractivity contribution is -0.114. The van der Waals surface area contributed by atoms with Crippen LogP contribution in [0.15, 0.2) is 36.4 Å². The van der Waals surface area contributed by atoms with E-state index in [1.165, 1.54) is 0 Å². The third kappa shape index (κ3) is 3.03. The first-order valence-electron chi connectivity index (χ1n) is 4.13. The van der Waals surface area contributed by atoms with Crippen molar-refractivity contribution in [3.63, 3.8) is 0 Å². The van der Waals surface area contributed by atoms with Crippen molar-refractivity contribution < 1.29 is 4.79 Å². The quantitative estimate of drug-likeness (QED) is 0.676. The molecule has 0 heterocycles.